The van der Waals surface area contributed by atoms with Crippen LogP contribution in [0.3, 0.4) is 0 Å². The van der Waals surface area contributed by atoms with Crippen LogP contribution in [0.1, 0.15) is 106 Å². The van der Waals surface area contributed by atoms with Gasteiger partial charge in [0.25, 0.3) is 0 Å². The minimum atomic E-state index is -0.704. The van der Waals surface area contributed by atoms with Crippen LogP contribution in [-0.2, 0) is 5.41 Å². The summed E-state index contributed by atoms with van der Waals surface area (Å²) in [5.74, 6) is 0.470. The summed E-state index contributed by atoms with van der Waals surface area (Å²) < 4.78 is 0. The Morgan fingerprint density at radius 3 is 1.63 bits per heavy atom. The fourth-order valence-corrected chi connectivity index (χ4v) is 7.04. The minimum Gasteiger partial charge on any atom is -0.382 e. The minimum absolute atomic E-state index is 0.0403. The van der Waals surface area contributed by atoms with Crippen molar-refractivity contribution in [3.05, 3.63) is 138 Å². The van der Waals surface area contributed by atoms with Gasteiger partial charge in [-0.15, -0.1) is 0 Å². The number of hydrogen-bond donors (Lipinski definition) is 3. The molecule has 0 saturated carbocycles. The lowest BCUT2D eigenvalue weighted by Crippen LogP contribution is -2.32. The molecule has 0 aromatic heterocycles. The summed E-state index contributed by atoms with van der Waals surface area (Å²) in [7, 11) is 0. The molecular weight excluding hydrogens is 637 g/mol. The first-order valence-electron chi connectivity index (χ1n) is 19.4. The van der Waals surface area contributed by atoms with Crippen LogP contribution in [0.15, 0.2) is 120 Å². The summed E-state index contributed by atoms with van der Waals surface area (Å²) in [6, 6.07) is 38.8. The Bertz CT molecular complexity index is 1810. The standard InChI is InChI=1S/C47H58N4O/c1-6-9-30-47(31-10-7-2,32-11-8-3)40-22-28-41(29-23-40)48-34-44(45(52)39-21-20-37-14-12-13-15-38(37)33-39)51-46(49-42-24-16-35(4)17-25-42)50-43-26-18-36(5)19-27-43/h12-29,33,44,48H,6-11,30-32,34H2,1-5H3,(H2,49,50,51). The van der Waals surface area contributed by atoms with Crippen LogP contribution < -0.4 is 16.0 Å². The lowest BCUT2D eigenvalue weighted by molar-refractivity contribution is 0.0967. The fraction of sp³-hybridized carbons (Fsp3) is 0.362. The van der Waals surface area contributed by atoms with Gasteiger partial charge < -0.3 is 16.0 Å². The molecule has 0 amide bonds. The van der Waals surface area contributed by atoms with Crippen molar-refractivity contribution in [3.8, 4) is 0 Å². The van der Waals surface area contributed by atoms with Crippen LogP contribution in [0.25, 0.3) is 10.8 Å². The quantitative estimate of drug-likeness (QED) is 0.0485. The van der Waals surface area contributed by atoms with Crippen LogP contribution in [0.5, 0.6) is 0 Å². The third-order valence-electron chi connectivity index (χ3n) is 10.3. The predicted molar refractivity (Wildman–Crippen MR) is 224 cm³/mol. The molecule has 0 heterocycles. The van der Waals surface area contributed by atoms with Crippen LogP contribution in [0, 0.1) is 13.8 Å². The van der Waals surface area contributed by atoms with E-state index in [2.05, 4.69) is 111 Å². The molecule has 0 radical (unpaired) electrons. The molecule has 0 aliphatic carbocycles. The number of hydrogen-bond acceptors (Lipinski definition) is 3. The lowest BCUT2D eigenvalue weighted by Gasteiger charge is -2.35. The number of carbonyl (C=O) groups excluding carboxylic acids is 1. The van der Waals surface area contributed by atoms with Gasteiger partial charge in [-0.05, 0) is 97.3 Å². The lowest BCUT2D eigenvalue weighted by atomic mass is 9.69. The van der Waals surface area contributed by atoms with E-state index >= 15 is 0 Å². The SMILES string of the molecule is CCCCC(CCCC)(CCCC)c1ccc(NCC(N=C(Nc2ccc(C)cc2)Nc2ccc(C)cc2)C(=O)c2ccc3ccccc3c2)cc1. The van der Waals surface area contributed by atoms with Gasteiger partial charge >= 0.3 is 0 Å². The number of fused-ring (bicyclic) bond motifs is 1. The smallest absolute Gasteiger partial charge is 0.201 e. The van der Waals surface area contributed by atoms with E-state index in [1.54, 1.807) is 0 Å². The molecule has 5 heteroatoms. The van der Waals surface area contributed by atoms with E-state index in [4.69, 9.17) is 4.99 Å². The molecule has 0 aliphatic rings. The zero-order chi connectivity index (χ0) is 36.8. The van der Waals surface area contributed by atoms with Gasteiger partial charge in [-0.3, -0.25) is 4.79 Å². The van der Waals surface area contributed by atoms with Crippen molar-refractivity contribution in [1.82, 2.24) is 0 Å². The van der Waals surface area contributed by atoms with Crippen LogP contribution in [0.4, 0.5) is 17.1 Å². The Balaban J connectivity index is 1.47. The molecule has 5 aromatic rings. The average Bonchev–Trinajstić information content (AvgIpc) is 3.17. The van der Waals surface area contributed by atoms with Crippen molar-refractivity contribution >= 4 is 39.6 Å². The first-order valence-corrected chi connectivity index (χ1v) is 19.4. The van der Waals surface area contributed by atoms with E-state index in [0.717, 1.165) is 27.8 Å². The number of carbonyl (C=O) groups is 1. The number of nitrogens with one attached hydrogen (secondary N) is 3. The van der Waals surface area contributed by atoms with E-state index < -0.39 is 6.04 Å². The molecule has 0 fully saturated rings. The number of ketones is 1. The highest BCUT2D eigenvalue weighted by Crippen LogP contribution is 2.40. The van der Waals surface area contributed by atoms with Gasteiger partial charge in [0.15, 0.2) is 5.78 Å². The molecule has 5 rings (SSSR count). The Morgan fingerprint density at radius 1 is 0.615 bits per heavy atom. The van der Waals surface area contributed by atoms with Crippen molar-refractivity contribution < 1.29 is 4.79 Å². The van der Waals surface area contributed by atoms with Gasteiger partial charge in [-0.2, -0.15) is 0 Å². The largest absolute Gasteiger partial charge is 0.382 e. The number of rotatable bonds is 18. The molecule has 52 heavy (non-hydrogen) atoms. The molecule has 5 nitrogen and oxygen atoms in total. The van der Waals surface area contributed by atoms with Gasteiger partial charge in [0, 0.05) is 29.2 Å². The zero-order valence-corrected chi connectivity index (χ0v) is 32.0. The van der Waals surface area contributed by atoms with E-state index in [1.165, 1.54) is 74.5 Å². The van der Waals surface area contributed by atoms with Crippen LogP contribution in [0.2, 0.25) is 0 Å². The van der Waals surface area contributed by atoms with E-state index in [-0.39, 0.29) is 11.2 Å². The number of benzene rings is 5. The van der Waals surface area contributed by atoms with E-state index in [9.17, 15) is 4.79 Å². The summed E-state index contributed by atoms with van der Waals surface area (Å²) in [5.41, 5.74) is 7.43. The number of unbranched alkanes of at least 4 members (excludes halogenated alkanes) is 3. The number of anilines is 3. The maximum absolute atomic E-state index is 14.4. The highest BCUT2D eigenvalue weighted by molar-refractivity contribution is 6.08. The normalized spacial score (nSPS) is 11.9. The third-order valence-corrected chi connectivity index (χ3v) is 10.3. The van der Waals surface area contributed by atoms with Gasteiger partial charge in [0.1, 0.15) is 6.04 Å². The number of nitrogens with zero attached hydrogens (tertiary/aromatic N) is 1. The number of guanidine groups is 1. The van der Waals surface area contributed by atoms with Gasteiger partial charge in [0.05, 0.1) is 0 Å². The van der Waals surface area contributed by atoms with Crippen LogP contribution in [-0.4, -0.2) is 24.3 Å². The zero-order valence-electron chi connectivity index (χ0n) is 32.0. The van der Waals surface area contributed by atoms with Crippen molar-refractivity contribution in [2.24, 2.45) is 4.99 Å². The molecular formula is C47H58N4O. The van der Waals surface area contributed by atoms with Gasteiger partial charge in [0.2, 0.25) is 5.96 Å². The topological polar surface area (TPSA) is 65.5 Å². The second kappa shape index (κ2) is 19.1. The highest BCUT2D eigenvalue weighted by atomic mass is 16.1. The van der Waals surface area contributed by atoms with E-state index in [0.29, 0.717) is 18.1 Å². The Kier molecular flexibility index (Phi) is 14.1. The summed E-state index contributed by atoms with van der Waals surface area (Å²) in [6.07, 6.45) is 11.1. The number of aliphatic imine (C=N–C) groups is 1. The first kappa shape index (κ1) is 38.3. The molecule has 0 saturated heterocycles. The monoisotopic (exact) mass is 694 g/mol. The first-order chi connectivity index (χ1) is 25.3. The van der Waals surface area contributed by atoms with Crippen molar-refractivity contribution in [3.63, 3.8) is 0 Å². The Hall–Kier alpha value is -4.90. The molecule has 1 atom stereocenters. The highest BCUT2D eigenvalue weighted by Gasteiger charge is 2.30. The second-order valence-corrected chi connectivity index (χ2v) is 14.5. The summed E-state index contributed by atoms with van der Waals surface area (Å²) in [4.78, 5) is 19.5. The maximum atomic E-state index is 14.4. The van der Waals surface area contributed by atoms with E-state index in [1.807, 2.05) is 54.6 Å². The molecule has 5 aromatic carbocycles. The Morgan fingerprint density at radius 2 is 1.12 bits per heavy atom. The Labute approximate surface area is 312 Å². The van der Waals surface area contributed by atoms with Crippen molar-refractivity contribution in [2.45, 2.75) is 104 Å². The summed E-state index contributed by atoms with van der Waals surface area (Å²) in [5, 5.41) is 12.7. The summed E-state index contributed by atoms with van der Waals surface area (Å²) in [6.45, 7) is 11.4. The molecule has 272 valence electrons. The number of aryl methyl sites for hydroxylation is 2. The summed E-state index contributed by atoms with van der Waals surface area (Å²) >= 11 is 0. The van der Waals surface area contributed by atoms with Crippen molar-refractivity contribution in [2.75, 3.05) is 22.5 Å². The molecule has 3 N–H and O–H groups in total. The van der Waals surface area contributed by atoms with Gasteiger partial charge in [-0.1, -0.05) is 143 Å². The molecule has 1 unspecified atom stereocenters. The maximum Gasteiger partial charge on any atom is 0.201 e. The van der Waals surface area contributed by atoms with Gasteiger partial charge in [-0.25, -0.2) is 4.99 Å². The molecule has 0 spiro atoms. The molecule has 0 bridgehead atoms. The number of Topliss-reactive ketones (excluding diaryl/α,β-unsaturated/α-hetero) is 1. The van der Waals surface area contributed by atoms with Crippen LogP contribution >= 0.6 is 0 Å². The predicted octanol–water partition coefficient (Wildman–Crippen LogP) is 12.5. The average molecular weight is 695 g/mol. The van der Waals surface area contributed by atoms with Crippen molar-refractivity contribution in [1.29, 1.82) is 0 Å². The molecule has 0 aliphatic heterocycles. The third kappa shape index (κ3) is 10.6. The fourth-order valence-electron chi connectivity index (χ4n) is 7.04. The second-order valence-electron chi connectivity index (χ2n) is 14.5.